The number of amides is 1. The number of H-pyrrole nitrogens is 1. The number of fused-ring (bicyclic) bond motifs is 1. The first-order chi connectivity index (χ1) is 29.5. The maximum Gasteiger partial charge on any atom is 0.326 e. The number of rotatable bonds is 14. The number of aromatic nitrogens is 2. The minimum absolute atomic E-state index is 0.00642. The van der Waals surface area contributed by atoms with E-state index in [9.17, 15) is 23.1 Å². The number of aryl methyl sites for hydroxylation is 1. The monoisotopic (exact) mass is 843 g/mol. The second kappa shape index (κ2) is 18.7. The zero-order chi connectivity index (χ0) is 42.5. The predicted molar refractivity (Wildman–Crippen MR) is 234 cm³/mol. The van der Waals surface area contributed by atoms with Gasteiger partial charge in [-0.25, -0.2) is 13.2 Å². The highest BCUT2D eigenvalue weighted by Gasteiger charge is 2.40. The molecule has 1 aromatic heterocycles. The molecule has 2 fully saturated rings. The second-order valence-electron chi connectivity index (χ2n) is 16.3. The van der Waals surface area contributed by atoms with E-state index >= 15 is 0 Å². The summed E-state index contributed by atoms with van der Waals surface area (Å²) in [4.78, 5) is 32.1. The zero-order valence-corrected chi connectivity index (χ0v) is 35.3. The second-order valence-corrected chi connectivity index (χ2v) is 18.0. The van der Waals surface area contributed by atoms with Crippen LogP contribution in [0.2, 0.25) is 0 Å². The maximum absolute atomic E-state index is 13.7. The third-order valence-corrected chi connectivity index (χ3v) is 13.5. The largest absolute Gasteiger partial charge is 0.392 e. The molecule has 6 aromatic rings. The number of hydrogen-bond donors (Lipinski definition) is 4. The van der Waals surface area contributed by atoms with Gasteiger partial charge in [0.1, 0.15) is 6.04 Å². The van der Waals surface area contributed by atoms with Crippen molar-refractivity contribution in [2.45, 2.75) is 81.7 Å². The minimum Gasteiger partial charge on any atom is -0.392 e. The number of carbonyl (C=O) groups excluding carboxylic acids is 1. The highest BCUT2D eigenvalue weighted by atomic mass is 32.2. The third kappa shape index (κ3) is 9.88. The van der Waals surface area contributed by atoms with Crippen molar-refractivity contribution in [2.24, 2.45) is 5.92 Å². The quantitative estimate of drug-likeness (QED) is 0.0975. The normalized spacial score (nSPS) is 20.7. The van der Waals surface area contributed by atoms with Gasteiger partial charge >= 0.3 is 5.69 Å². The molecule has 12 nitrogen and oxygen atoms in total. The maximum atomic E-state index is 13.7. The summed E-state index contributed by atoms with van der Waals surface area (Å²) >= 11 is 0. The van der Waals surface area contributed by atoms with Crippen LogP contribution in [0.4, 0.5) is 0 Å². The van der Waals surface area contributed by atoms with Gasteiger partial charge in [-0.15, -0.1) is 0 Å². The predicted octanol–water partition coefficient (Wildman–Crippen LogP) is 6.46. The van der Waals surface area contributed by atoms with E-state index in [0.717, 1.165) is 70.3 Å². The molecular weight excluding hydrogens is 791 g/mol. The molecule has 4 N–H and O–H groups in total. The molecule has 0 saturated carbocycles. The Balaban J connectivity index is 0.947. The molecule has 3 heterocycles. The lowest BCUT2D eigenvalue weighted by Gasteiger charge is -2.44. The molecule has 13 heteroatoms. The highest BCUT2D eigenvalue weighted by molar-refractivity contribution is 7.89. The van der Waals surface area contributed by atoms with Crippen LogP contribution in [-0.2, 0) is 43.9 Å². The van der Waals surface area contributed by atoms with Crippen LogP contribution in [0.15, 0.2) is 137 Å². The summed E-state index contributed by atoms with van der Waals surface area (Å²) in [5, 5.41) is 12.6. The molecule has 5 atom stereocenters. The van der Waals surface area contributed by atoms with Gasteiger partial charge in [-0.3, -0.25) is 9.36 Å². The molecule has 5 aromatic carbocycles. The molecule has 0 spiro atoms. The van der Waals surface area contributed by atoms with Crippen LogP contribution in [0.3, 0.4) is 0 Å². The summed E-state index contributed by atoms with van der Waals surface area (Å²) in [6, 6.07) is 38.3. The van der Waals surface area contributed by atoms with E-state index in [1.54, 1.807) is 12.1 Å². The van der Waals surface area contributed by atoms with Crippen LogP contribution >= 0.6 is 0 Å². The van der Waals surface area contributed by atoms with Crippen molar-refractivity contribution < 1.29 is 27.8 Å². The molecule has 2 aliphatic rings. The number of likely N-dealkylation sites (tertiary alicyclic amines) is 1. The number of nitrogens with zero attached hydrogens (tertiary/aromatic N) is 2. The molecule has 1 amide bonds. The zero-order valence-electron chi connectivity index (χ0n) is 34.4. The van der Waals surface area contributed by atoms with E-state index in [-0.39, 0.29) is 54.3 Å². The van der Waals surface area contributed by atoms with Gasteiger partial charge in [0.05, 0.1) is 34.7 Å². The average Bonchev–Trinajstić information content (AvgIpc) is 3.62. The Morgan fingerprint density at radius 2 is 1.48 bits per heavy atom. The first-order valence-electron chi connectivity index (χ1n) is 21.0. The molecule has 8 rings (SSSR count). The standard InChI is InChI=1S/C48H53N5O7S/c1-32-12-22-40(23-13-32)61(57,58)51-42(28-34-8-4-3-5-9-34)46(55)49-29-35-14-20-38(21-15-35)47-59-44(33(2)45(60-47)37-18-16-36(31-54)17-19-37)30-52-26-24-39(25-27-52)53-43-11-7-6-10-41(43)50-48(53)56/h3-23,33,39,42,44-45,47,51,54H,24-31H2,1-2H3,(H,49,55)(H,50,56). The minimum atomic E-state index is -3.98. The van der Waals surface area contributed by atoms with E-state index in [1.165, 1.54) is 12.1 Å². The smallest absolute Gasteiger partial charge is 0.326 e. The van der Waals surface area contributed by atoms with Crippen molar-refractivity contribution in [3.8, 4) is 0 Å². The summed E-state index contributed by atoms with van der Waals surface area (Å²) in [6.45, 7) is 6.53. The number of nitrogens with one attached hydrogen (secondary N) is 3. The number of aromatic amines is 1. The Kier molecular flexibility index (Phi) is 13.0. The number of hydrogen-bond acceptors (Lipinski definition) is 8. The van der Waals surface area contributed by atoms with Crippen LogP contribution in [0, 0.1) is 12.8 Å². The Bertz CT molecular complexity index is 2570. The molecule has 5 unspecified atom stereocenters. The molecule has 0 aliphatic carbocycles. The first-order valence-corrected chi connectivity index (χ1v) is 22.4. The summed E-state index contributed by atoms with van der Waals surface area (Å²) in [5.41, 5.74) is 6.96. The average molecular weight is 844 g/mol. The summed E-state index contributed by atoms with van der Waals surface area (Å²) in [7, 11) is -3.98. The fraction of sp³-hybridized carbons (Fsp3) is 0.333. The number of aliphatic hydroxyl groups is 1. The Morgan fingerprint density at radius 1 is 0.820 bits per heavy atom. The van der Waals surface area contributed by atoms with Crippen molar-refractivity contribution in [2.75, 3.05) is 19.6 Å². The van der Waals surface area contributed by atoms with E-state index in [2.05, 4.69) is 26.8 Å². The molecule has 318 valence electrons. The van der Waals surface area contributed by atoms with Crippen LogP contribution in [0.5, 0.6) is 0 Å². The summed E-state index contributed by atoms with van der Waals surface area (Å²) < 4.78 is 44.8. The van der Waals surface area contributed by atoms with Crippen molar-refractivity contribution >= 4 is 27.0 Å². The van der Waals surface area contributed by atoms with Gasteiger partial charge in [-0.1, -0.05) is 116 Å². The Labute approximate surface area is 356 Å². The Morgan fingerprint density at radius 3 is 2.18 bits per heavy atom. The van der Waals surface area contributed by atoms with Crippen LogP contribution in [0.25, 0.3) is 11.0 Å². The van der Waals surface area contributed by atoms with E-state index in [1.807, 2.05) is 115 Å². The summed E-state index contributed by atoms with van der Waals surface area (Å²) in [5.74, 6) is -0.432. The molecule has 2 aliphatic heterocycles. The van der Waals surface area contributed by atoms with Gasteiger partial charge < -0.3 is 29.8 Å². The fourth-order valence-electron chi connectivity index (χ4n) is 8.49. The lowest BCUT2D eigenvalue weighted by Crippen LogP contribution is -2.47. The number of ether oxygens (including phenoxy) is 2. The van der Waals surface area contributed by atoms with E-state index < -0.39 is 28.3 Å². The van der Waals surface area contributed by atoms with E-state index in [0.29, 0.717) is 6.54 Å². The van der Waals surface area contributed by atoms with Crippen molar-refractivity contribution in [3.63, 3.8) is 0 Å². The fourth-order valence-corrected chi connectivity index (χ4v) is 9.69. The van der Waals surface area contributed by atoms with Gasteiger partial charge in [0, 0.05) is 43.7 Å². The van der Waals surface area contributed by atoms with E-state index in [4.69, 9.17) is 9.47 Å². The molecule has 0 radical (unpaired) electrons. The molecule has 2 saturated heterocycles. The number of aliphatic hydroxyl groups excluding tert-OH is 1. The Hall–Kier alpha value is -5.41. The lowest BCUT2D eigenvalue weighted by atomic mass is 9.89. The molecule has 61 heavy (non-hydrogen) atoms. The highest BCUT2D eigenvalue weighted by Crippen LogP contribution is 2.42. The third-order valence-electron chi connectivity index (χ3n) is 12.1. The van der Waals surface area contributed by atoms with Crippen molar-refractivity contribution in [3.05, 3.63) is 171 Å². The number of carbonyl (C=O) groups is 1. The van der Waals surface area contributed by atoms with Crippen molar-refractivity contribution in [1.82, 2.24) is 24.5 Å². The number of benzene rings is 5. The van der Waals surface area contributed by atoms with Crippen LogP contribution in [-0.4, -0.2) is 65.7 Å². The van der Waals surface area contributed by atoms with Gasteiger partial charge in [0.25, 0.3) is 0 Å². The van der Waals surface area contributed by atoms with Crippen LogP contribution in [0.1, 0.15) is 71.6 Å². The number of imidazole rings is 1. The van der Waals surface area contributed by atoms with Crippen molar-refractivity contribution in [1.29, 1.82) is 0 Å². The summed E-state index contributed by atoms with van der Waals surface area (Å²) in [6.07, 6.45) is 0.761. The topological polar surface area (TPSA) is 155 Å². The van der Waals surface area contributed by atoms with Gasteiger partial charge in [-0.2, -0.15) is 4.72 Å². The number of sulfonamides is 1. The number of piperidine rings is 1. The first kappa shape index (κ1) is 42.3. The SMILES string of the molecule is Cc1ccc(S(=O)(=O)NC(Cc2ccccc2)C(=O)NCc2ccc(C3OC(CN4CCC(n5c(=O)[nH]c6ccccc65)CC4)C(C)C(c4ccc(CO)cc4)O3)cc2)cc1. The van der Waals surface area contributed by atoms with Gasteiger partial charge in [-0.05, 0) is 72.7 Å². The molecular formula is C48H53N5O7S. The molecule has 0 bridgehead atoms. The van der Waals surface area contributed by atoms with Gasteiger partial charge in [0.15, 0.2) is 6.29 Å². The van der Waals surface area contributed by atoms with Gasteiger partial charge in [0.2, 0.25) is 15.9 Å². The number of para-hydroxylation sites is 2. The lowest BCUT2D eigenvalue weighted by molar-refractivity contribution is -0.276. The van der Waals surface area contributed by atoms with Crippen LogP contribution < -0.4 is 15.7 Å².